The SMILES string of the molecule is CCCCSCCC=C[C@H]1CCC(=O)N1CCSCCC(O)C(=O)O. The zero-order valence-corrected chi connectivity index (χ0v) is 16.7. The van der Waals surface area contributed by atoms with Crippen molar-refractivity contribution in [3.63, 3.8) is 0 Å². The number of likely N-dealkylation sites (tertiary alicyclic amines) is 1. The Bertz CT molecular complexity index is 431. The van der Waals surface area contributed by atoms with Gasteiger partial charge in [-0.25, -0.2) is 4.79 Å². The molecular formula is C18H31NO4S2. The molecule has 0 aromatic carbocycles. The van der Waals surface area contributed by atoms with Gasteiger partial charge >= 0.3 is 5.97 Å². The molecule has 1 amide bonds. The summed E-state index contributed by atoms with van der Waals surface area (Å²) >= 11 is 3.57. The second kappa shape index (κ2) is 13.5. The van der Waals surface area contributed by atoms with E-state index < -0.39 is 12.1 Å². The lowest BCUT2D eigenvalue weighted by Crippen LogP contribution is -2.33. The summed E-state index contributed by atoms with van der Waals surface area (Å²) in [7, 11) is 0. The standard InChI is InChI=1S/C18H31NO4S2/c1-2-3-11-24-12-5-4-6-15-7-8-17(21)19(15)10-14-25-13-9-16(20)18(22)23/h4,6,15-16,20H,2-3,5,7-14H2,1H3,(H,22,23)/t15-,16?/m0/s1. The fourth-order valence-electron chi connectivity index (χ4n) is 2.58. The van der Waals surface area contributed by atoms with Crippen LogP contribution < -0.4 is 0 Å². The van der Waals surface area contributed by atoms with Gasteiger partial charge in [0, 0.05) is 18.7 Å². The maximum atomic E-state index is 12.0. The van der Waals surface area contributed by atoms with Crippen LogP contribution in [0.15, 0.2) is 12.2 Å². The van der Waals surface area contributed by atoms with E-state index in [1.807, 2.05) is 16.7 Å². The number of nitrogens with zero attached hydrogens (tertiary/aromatic N) is 1. The van der Waals surface area contributed by atoms with Gasteiger partial charge in [0.1, 0.15) is 0 Å². The van der Waals surface area contributed by atoms with Crippen molar-refractivity contribution in [2.45, 2.75) is 57.6 Å². The quantitative estimate of drug-likeness (QED) is 0.351. The van der Waals surface area contributed by atoms with Crippen LogP contribution in [0.4, 0.5) is 0 Å². The molecule has 2 N–H and O–H groups in total. The lowest BCUT2D eigenvalue weighted by atomic mass is 10.2. The van der Waals surface area contributed by atoms with Gasteiger partial charge in [0.2, 0.25) is 5.91 Å². The Balaban J connectivity index is 2.20. The minimum Gasteiger partial charge on any atom is -0.479 e. The molecule has 0 saturated carbocycles. The molecule has 1 heterocycles. The zero-order chi connectivity index (χ0) is 18.5. The summed E-state index contributed by atoms with van der Waals surface area (Å²) in [6.07, 6.45) is 8.41. The molecule has 144 valence electrons. The highest BCUT2D eigenvalue weighted by molar-refractivity contribution is 7.99. The average molecular weight is 390 g/mol. The fraction of sp³-hybridized carbons (Fsp3) is 0.778. The Morgan fingerprint density at radius 2 is 2.08 bits per heavy atom. The predicted molar refractivity (Wildman–Crippen MR) is 106 cm³/mol. The molecule has 1 fully saturated rings. The first kappa shape index (κ1) is 22.4. The molecule has 1 saturated heterocycles. The number of thioether (sulfide) groups is 2. The van der Waals surface area contributed by atoms with E-state index in [0.29, 0.717) is 18.7 Å². The second-order valence-electron chi connectivity index (χ2n) is 6.13. The van der Waals surface area contributed by atoms with Crippen LogP contribution in [0.5, 0.6) is 0 Å². The summed E-state index contributed by atoms with van der Waals surface area (Å²) < 4.78 is 0. The van der Waals surface area contributed by atoms with Crippen LogP contribution in [0.25, 0.3) is 0 Å². The summed E-state index contributed by atoms with van der Waals surface area (Å²) in [4.78, 5) is 24.5. The first-order valence-corrected chi connectivity index (χ1v) is 11.4. The number of rotatable bonds is 14. The monoisotopic (exact) mass is 389 g/mol. The van der Waals surface area contributed by atoms with Crippen molar-refractivity contribution < 1.29 is 19.8 Å². The van der Waals surface area contributed by atoms with E-state index in [1.165, 1.54) is 18.6 Å². The van der Waals surface area contributed by atoms with Gasteiger partial charge in [0.05, 0.1) is 6.04 Å². The van der Waals surface area contributed by atoms with Gasteiger partial charge < -0.3 is 15.1 Å². The lowest BCUT2D eigenvalue weighted by molar-refractivity contribution is -0.146. The van der Waals surface area contributed by atoms with E-state index in [0.717, 1.165) is 24.3 Å². The molecule has 2 atom stereocenters. The normalized spacial score (nSPS) is 19.0. The van der Waals surface area contributed by atoms with Crippen LogP contribution in [0.2, 0.25) is 0 Å². The molecule has 1 rings (SSSR count). The third-order valence-corrected chi connectivity index (χ3v) is 6.20. The molecular weight excluding hydrogens is 358 g/mol. The maximum Gasteiger partial charge on any atom is 0.332 e. The minimum atomic E-state index is -1.29. The number of aliphatic carboxylic acids is 1. The van der Waals surface area contributed by atoms with Crippen LogP contribution in [0.1, 0.15) is 45.4 Å². The Morgan fingerprint density at radius 1 is 1.32 bits per heavy atom. The van der Waals surface area contributed by atoms with Gasteiger partial charge in [-0.1, -0.05) is 25.5 Å². The van der Waals surface area contributed by atoms with Crippen LogP contribution >= 0.6 is 23.5 Å². The number of amides is 1. The molecule has 0 radical (unpaired) electrons. The van der Waals surface area contributed by atoms with E-state index in [9.17, 15) is 14.7 Å². The Hall–Kier alpha value is -0.660. The molecule has 0 spiro atoms. The van der Waals surface area contributed by atoms with Crippen molar-refractivity contribution in [2.24, 2.45) is 0 Å². The molecule has 1 unspecified atom stereocenters. The molecule has 7 heteroatoms. The Morgan fingerprint density at radius 3 is 2.80 bits per heavy atom. The summed E-state index contributed by atoms with van der Waals surface area (Å²) in [5.41, 5.74) is 0. The van der Waals surface area contributed by atoms with E-state index in [1.54, 1.807) is 11.8 Å². The predicted octanol–water partition coefficient (Wildman–Crippen LogP) is 3.03. The fourth-order valence-corrected chi connectivity index (χ4v) is 4.50. The topological polar surface area (TPSA) is 77.8 Å². The third-order valence-electron chi connectivity index (χ3n) is 4.10. The van der Waals surface area contributed by atoms with Crippen LogP contribution in [-0.2, 0) is 9.59 Å². The zero-order valence-electron chi connectivity index (χ0n) is 15.1. The molecule has 0 bridgehead atoms. The molecule has 0 aliphatic carbocycles. The Kier molecular flexibility index (Phi) is 12.1. The number of aliphatic hydroxyl groups excluding tert-OH is 1. The maximum absolute atomic E-state index is 12.0. The largest absolute Gasteiger partial charge is 0.479 e. The molecule has 0 aromatic heterocycles. The Labute approximate surface area is 159 Å². The van der Waals surface area contributed by atoms with Crippen molar-refractivity contribution in [1.82, 2.24) is 4.90 Å². The molecule has 25 heavy (non-hydrogen) atoms. The number of allylic oxidation sites excluding steroid dienone is 1. The van der Waals surface area contributed by atoms with Crippen LogP contribution in [-0.4, -0.2) is 68.7 Å². The molecule has 0 aromatic rings. The van der Waals surface area contributed by atoms with Crippen molar-refractivity contribution in [3.05, 3.63) is 12.2 Å². The summed E-state index contributed by atoms with van der Waals surface area (Å²) in [5, 5.41) is 17.8. The smallest absolute Gasteiger partial charge is 0.332 e. The van der Waals surface area contributed by atoms with Crippen LogP contribution in [0.3, 0.4) is 0 Å². The number of carbonyl (C=O) groups excluding carboxylic acids is 1. The number of hydrogen-bond acceptors (Lipinski definition) is 5. The number of hydrogen-bond donors (Lipinski definition) is 2. The summed E-state index contributed by atoms with van der Waals surface area (Å²) in [6, 6.07) is 0.207. The number of carbonyl (C=O) groups is 2. The van der Waals surface area contributed by atoms with Gasteiger partial charge in [-0.2, -0.15) is 23.5 Å². The van der Waals surface area contributed by atoms with Gasteiger partial charge in [-0.3, -0.25) is 4.79 Å². The molecule has 1 aliphatic rings. The van der Waals surface area contributed by atoms with Crippen molar-refractivity contribution in [1.29, 1.82) is 0 Å². The van der Waals surface area contributed by atoms with Gasteiger partial charge in [-0.15, -0.1) is 0 Å². The van der Waals surface area contributed by atoms with E-state index in [-0.39, 0.29) is 18.4 Å². The summed E-state index contributed by atoms with van der Waals surface area (Å²) in [6.45, 7) is 2.89. The van der Waals surface area contributed by atoms with E-state index in [2.05, 4.69) is 19.1 Å². The third kappa shape index (κ3) is 9.56. The van der Waals surface area contributed by atoms with Crippen molar-refractivity contribution in [3.8, 4) is 0 Å². The number of carboxylic acid groups (broad SMARTS) is 1. The number of aliphatic hydroxyl groups is 1. The average Bonchev–Trinajstić information content (AvgIpc) is 2.93. The first-order chi connectivity index (χ1) is 12.1. The summed E-state index contributed by atoms with van der Waals surface area (Å²) in [5.74, 6) is 2.76. The number of carboxylic acids is 1. The van der Waals surface area contributed by atoms with Crippen molar-refractivity contribution >= 4 is 35.4 Å². The van der Waals surface area contributed by atoms with E-state index in [4.69, 9.17) is 5.11 Å². The number of unbranched alkanes of at least 4 members (excludes halogenated alkanes) is 1. The van der Waals surface area contributed by atoms with Gasteiger partial charge in [-0.05, 0) is 42.9 Å². The first-order valence-electron chi connectivity index (χ1n) is 9.08. The van der Waals surface area contributed by atoms with Gasteiger partial charge in [0.15, 0.2) is 6.10 Å². The highest BCUT2D eigenvalue weighted by Gasteiger charge is 2.28. The lowest BCUT2D eigenvalue weighted by Gasteiger charge is -2.22. The van der Waals surface area contributed by atoms with Gasteiger partial charge in [0.25, 0.3) is 0 Å². The minimum absolute atomic E-state index is 0.207. The highest BCUT2D eigenvalue weighted by atomic mass is 32.2. The molecule has 1 aliphatic heterocycles. The van der Waals surface area contributed by atoms with E-state index >= 15 is 0 Å². The molecule has 5 nitrogen and oxygen atoms in total. The second-order valence-corrected chi connectivity index (χ2v) is 8.58. The van der Waals surface area contributed by atoms with Crippen LogP contribution in [0, 0.1) is 0 Å². The highest BCUT2D eigenvalue weighted by Crippen LogP contribution is 2.21. The van der Waals surface area contributed by atoms with Crippen molar-refractivity contribution in [2.75, 3.05) is 29.6 Å².